The number of carbonyl (C=O) groups is 1. The van der Waals surface area contributed by atoms with Crippen LogP contribution >= 0.6 is 11.8 Å². The van der Waals surface area contributed by atoms with Gasteiger partial charge in [-0.1, -0.05) is 23.9 Å². The van der Waals surface area contributed by atoms with Gasteiger partial charge in [-0.2, -0.15) is 18.3 Å². The van der Waals surface area contributed by atoms with Gasteiger partial charge in [0.2, 0.25) is 0 Å². The van der Waals surface area contributed by atoms with Gasteiger partial charge in [-0.15, -0.1) is 5.10 Å². The molecule has 1 N–H and O–H groups in total. The molecule has 6 nitrogen and oxygen atoms in total. The second-order valence-electron chi connectivity index (χ2n) is 6.21. The van der Waals surface area contributed by atoms with E-state index >= 15 is 0 Å². The van der Waals surface area contributed by atoms with Crippen LogP contribution in [0.2, 0.25) is 0 Å². The van der Waals surface area contributed by atoms with Gasteiger partial charge in [-0.25, -0.2) is 0 Å². The van der Waals surface area contributed by atoms with Crippen LogP contribution in [0, 0.1) is 0 Å². The number of carbonyl (C=O) groups excluding carboxylic acids is 1. The lowest BCUT2D eigenvalue weighted by molar-refractivity contribution is -0.140. The van der Waals surface area contributed by atoms with Crippen molar-refractivity contribution in [2.45, 2.75) is 29.5 Å². The molecule has 1 saturated heterocycles. The molecular formula is C18H18F3N3O3S. The molecule has 1 atom stereocenters. The van der Waals surface area contributed by atoms with Gasteiger partial charge >= 0.3 is 6.18 Å². The SMILES string of the molecule is O=C(COc1ccc(CO)cc1)N1CCC(Sc2nnccc2C(F)(F)F)C1. The predicted molar refractivity (Wildman–Crippen MR) is 95.7 cm³/mol. The lowest BCUT2D eigenvalue weighted by Gasteiger charge is -2.17. The Morgan fingerprint density at radius 1 is 1.29 bits per heavy atom. The molecule has 1 aromatic heterocycles. The minimum absolute atomic E-state index is 0.0755. The molecule has 1 aromatic carbocycles. The minimum atomic E-state index is -4.49. The van der Waals surface area contributed by atoms with Crippen LogP contribution in [-0.2, 0) is 17.6 Å². The largest absolute Gasteiger partial charge is 0.484 e. The molecule has 0 saturated carbocycles. The molecule has 0 spiro atoms. The highest BCUT2D eigenvalue weighted by atomic mass is 32.2. The molecule has 1 fully saturated rings. The van der Waals surface area contributed by atoms with Crippen molar-refractivity contribution in [3.05, 3.63) is 47.7 Å². The van der Waals surface area contributed by atoms with E-state index in [0.717, 1.165) is 29.6 Å². The first-order valence-electron chi connectivity index (χ1n) is 8.52. The van der Waals surface area contributed by atoms with Crippen molar-refractivity contribution in [3.63, 3.8) is 0 Å². The maximum atomic E-state index is 13.1. The van der Waals surface area contributed by atoms with Crippen LogP contribution in [-0.4, -0.2) is 51.1 Å². The molecule has 0 aliphatic carbocycles. The maximum absolute atomic E-state index is 13.1. The number of likely N-dealkylation sites (tertiary alicyclic amines) is 1. The molecule has 150 valence electrons. The number of aromatic nitrogens is 2. The minimum Gasteiger partial charge on any atom is -0.484 e. The van der Waals surface area contributed by atoms with Crippen molar-refractivity contribution in [1.82, 2.24) is 15.1 Å². The van der Waals surface area contributed by atoms with Crippen LogP contribution < -0.4 is 4.74 Å². The second-order valence-corrected chi connectivity index (χ2v) is 7.50. The number of aliphatic hydroxyl groups excluding tert-OH is 1. The lowest BCUT2D eigenvalue weighted by atomic mass is 10.2. The Labute approximate surface area is 163 Å². The number of halogens is 3. The smallest absolute Gasteiger partial charge is 0.419 e. The zero-order valence-corrected chi connectivity index (χ0v) is 15.5. The number of benzene rings is 1. The second kappa shape index (κ2) is 8.78. The lowest BCUT2D eigenvalue weighted by Crippen LogP contribution is -2.33. The molecule has 3 rings (SSSR count). The molecule has 2 aromatic rings. The van der Waals surface area contributed by atoms with Crippen molar-refractivity contribution in [2.75, 3.05) is 19.7 Å². The number of alkyl halides is 3. The average Bonchev–Trinajstić information content (AvgIpc) is 3.14. The van der Waals surface area contributed by atoms with E-state index in [1.807, 2.05) is 0 Å². The summed E-state index contributed by atoms with van der Waals surface area (Å²) >= 11 is 0.992. The van der Waals surface area contributed by atoms with E-state index in [4.69, 9.17) is 9.84 Å². The zero-order chi connectivity index (χ0) is 20.1. The third-order valence-corrected chi connectivity index (χ3v) is 5.48. The number of hydrogen-bond acceptors (Lipinski definition) is 6. The average molecular weight is 413 g/mol. The fourth-order valence-electron chi connectivity index (χ4n) is 2.76. The van der Waals surface area contributed by atoms with Crippen molar-refractivity contribution >= 4 is 17.7 Å². The molecule has 0 bridgehead atoms. The van der Waals surface area contributed by atoms with Gasteiger partial charge in [0.15, 0.2) is 6.61 Å². The Morgan fingerprint density at radius 3 is 2.71 bits per heavy atom. The number of aliphatic hydroxyl groups is 1. The molecule has 0 radical (unpaired) electrons. The maximum Gasteiger partial charge on any atom is 0.419 e. The van der Waals surface area contributed by atoms with Crippen molar-refractivity contribution in [3.8, 4) is 5.75 Å². The Hall–Kier alpha value is -2.33. The van der Waals surface area contributed by atoms with Crippen LogP contribution in [0.15, 0.2) is 41.6 Å². The first-order valence-corrected chi connectivity index (χ1v) is 9.40. The Bertz CT molecular complexity index is 818. The van der Waals surface area contributed by atoms with Gasteiger partial charge in [0.05, 0.1) is 18.4 Å². The standard InChI is InChI=1S/C18H18F3N3O3S/c19-18(20,21)15-5-7-22-23-17(15)28-14-6-8-24(9-14)16(26)11-27-13-3-1-12(10-25)2-4-13/h1-5,7,14,25H,6,8-11H2. The molecule has 10 heteroatoms. The van der Waals surface area contributed by atoms with Gasteiger partial charge < -0.3 is 14.7 Å². The van der Waals surface area contributed by atoms with Gasteiger partial charge in [-0.3, -0.25) is 4.79 Å². The van der Waals surface area contributed by atoms with Gasteiger partial charge in [0, 0.05) is 18.3 Å². The molecule has 1 amide bonds. The van der Waals surface area contributed by atoms with E-state index in [-0.39, 0.29) is 29.4 Å². The molecule has 1 unspecified atom stereocenters. The van der Waals surface area contributed by atoms with Crippen LogP contribution in [0.25, 0.3) is 0 Å². The van der Waals surface area contributed by atoms with E-state index in [1.165, 1.54) is 0 Å². The summed E-state index contributed by atoms with van der Waals surface area (Å²) in [5.41, 5.74) is -0.0766. The highest BCUT2D eigenvalue weighted by molar-refractivity contribution is 8.00. The number of thioether (sulfide) groups is 1. The van der Waals surface area contributed by atoms with E-state index in [9.17, 15) is 18.0 Å². The van der Waals surface area contributed by atoms with Gasteiger partial charge in [0.25, 0.3) is 5.91 Å². The van der Waals surface area contributed by atoms with E-state index in [0.29, 0.717) is 25.3 Å². The van der Waals surface area contributed by atoms with Gasteiger partial charge in [-0.05, 0) is 30.2 Å². The summed E-state index contributed by atoms with van der Waals surface area (Å²) in [4.78, 5) is 13.9. The van der Waals surface area contributed by atoms with Crippen LogP contribution in [0.4, 0.5) is 13.2 Å². The number of rotatable bonds is 6. The molecular weight excluding hydrogens is 395 g/mol. The first kappa shape index (κ1) is 20.4. The molecule has 2 heterocycles. The Kier molecular flexibility index (Phi) is 6.40. The summed E-state index contributed by atoms with van der Waals surface area (Å²) in [5.74, 6) is 0.273. The fraction of sp³-hybridized carbons (Fsp3) is 0.389. The van der Waals surface area contributed by atoms with Crippen molar-refractivity contribution in [1.29, 1.82) is 0 Å². The van der Waals surface area contributed by atoms with Crippen molar-refractivity contribution in [2.24, 2.45) is 0 Å². The van der Waals surface area contributed by atoms with Crippen LogP contribution in [0.1, 0.15) is 17.5 Å². The highest BCUT2D eigenvalue weighted by Gasteiger charge is 2.36. The highest BCUT2D eigenvalue weighted by Crippen LogP contribution is 2.38. The summed E-state index contributed by atoms with van der Waals surface area (Å²) < 4.78 is 44.6. The van der Waals surface area contributed by atoms with Gasteiger partial charge in [0.1, 0.15) is 10.8 Å². The number of ether oxygens (including phenoxy) is 1. The molecule has 1 aliphatic rings. The van der Waals surface area contributed by atoms with E-state index in [1.54, 1.807) is 29.2 Å². The summed E-state index contributed by atoms with van der Waals surface area (Å²) in [6.07, 6.45) is -2.91. The normalized spacial score (nSPS) is 17.0. The third kappa shape index (κ3) is 5.14. The zero-order valence-electron chi connectivity index (χ0n) is 14.7. The molecule has 28 heavy (non-hydrogen) atoms. The predicted octanol–water partition coefficient (Wildman–Crippen LogP) is 2.76. The summed E-state index contributed by atoms with van der Waals surface area (Å²) in [5, 5.41) is 15.8. The molecule has 1 aliphatic heterocycles. The first-order chi connectivity index (χ1) is 13.4. The monoisotopic (exact) mass is 413 g/mol. The number of nitrogens with zero attached hydrogens (tertiary/aromatic N) is 3. The van der Waals surface area contributed by atoms with Crippen molar-refractivity contribution < 1.29 is 27.8 Å². The third-order valence-electron chi connectivity index (χ3n) is 4.24. The van der Waals surface area contributed by atoms with E-state index in [2.05, 4.69) is 10.2 Å². The summed E-state index contributed by atoms with van der Waals surface area (Å²) in [6, 6.07) is 7.62. The topological polar surface area (TPSA) is 75.6 Å². The summed E-state index contributed by atoms with van der Waals surface area (Å²) in [6.45, 7) is 0.539. The Balaban J connectivity index is 1.53. The van der Waals surface area contributed by atoms with E-state index < -0.39 is 11.7 Å². The van der Waals surface area contributed by atoms with Crippen LogP contribution in [0.3, 0.4) is 0 Å². The van der Waals surface area contributed by atoms with Crippen LogP contribution in [0.5, 0.6) is 5.75 Å². The quantitative estimate of drug-likeness (QED) is 0.785. The Morgan fingerprint density at radius 2 is 2.04 bits per heavy atom. The number of amides is 1. The number of hydrogen-bond donors (Lipinski definition) is 1. The summed E-state index contributed by atoms with van der Waals surface area (Å²) in [7, 11) is 0. The fourth-order valence-corrected chi connectivity index (χ4v) is 3.96.